The Morgan fingerprint density at radius 1 is 1.38 bits per heavy atom. The van der Waals surface area contributed by atoms with Gasteiger partial charge in [-0.1, -0.05) is 6.92 Å². The van der Waals surface area contributed by atoms with Crippen molar-refractivity contribution >= 4 is 27.9 Å². The Bertz CT molecular complexity index is 513. The fourth-order valence-electron chi connectivity index (χ4n) is 2.65. The Kier molecular flexibility index (Phi) is 4.98. The highest BCUT2D eigenvalue weighted by molar-refractivity contribution is 7.19. The Morgan fingerprint density at radius 3 is 2.71 bits per heavy atom. The van der Waals surface area contributed by atoms with Crippen LogP contribution in [0.4, 0.5) is 10.7 Å². The van der Waals surface area contributed by atoms with Crippen LogP contribution in [0.3, 0.4) is 0 Å². The molecule has 2 rings (SSSR count). The quantitative estimate of drug-likeness (QED) is 0.932. The van der Waals surface area contributed by atoms with Crippen molar-refractivity contribution in [2.24, 2.45) is 5.92 Å². The molecule has 1 aliphatic rings. The lowest BCUT2D eigenvalue weighted by molar-refractivity contribution is 0.0833. The summed E-state index contributed by atoms with van der Waals surface area (Å²) in [5.41, 5.74) is 6.60. The molecular formula is C15H25N3O2S. The molecule has 2 heterocycles. The van der Waals surface area contributed by atoms with Crippen LogP contribution >= 0.6 is 11.3 Å². The second-order valence-electron chi connectivity index (χ2n) is 5.91. The highest BCUT2D eigenvalue weighted by Crippen LogP contribution is 2.45. The number of nitrogen functional groups attached to an aromatic ring is 1. The number of thiophene rings is 1. The van der Waals surface area contributed by atoms with Crippen LogP contribution in [0.5, 0.6) is 5.75 Å². The summed E-state index contributed by atoms with van der Waals surface area (Å²) in [5, 5.41) is 0.995. The molecule has 1 saturated heterocycles. The van der Waals surface area contributed by atoms with E-state index >= 15 is 0 Å². The van der Waals surface area contributed by atoms with Gasteiger partial charge in [0.2, 0.25) is 0 Å². The molecule has 0 aliphatic carbocycles. The molecule has 21 heavy (non-hydrogen) atoms. The lowest BCUT2D eigenvalue weighted by atomic mass is 10.0. The lowest BCUT2D eigenvalue weighted by Crippen LogP contribution is -2.23. The van der Waals surface area contributed by atoms with Crippen LogP contribution in [0, 0.1) is 5.92 Å². The van der Waals surface area contributed by atoms with E-state index in [0.29, 0.717) is 16.3 Å². The van der Waals surface area contributed by atoms with E-state index in [1.165, 1.54) is 24.2 Å². The largest absolute Gasteiger partial charge is 0.492 e. The van der Waals surface area contributed by atoms with Crippen molar-refractivity contribution in [3.63, 3.8) is 0 Å². The number of anilines is 2. The molecule has 2 N–H and O–H groups in total. The zero-order valence-corrected chi connectivity index (χ0v) is 14.1. The average molecular weight is 311 g/mol. The number of amides is 1. The first kappa shape index (κ1) is 15.9. The molecule has 1 aromatic heterocycles. The zero-order valence-electron chi connectivity index (χ0n) is 13.3. The second-order valence-corrected chi connectivity index (χ2v) is 6.91. The van der Waals surface area contributed by atoms with Crippen LogP contribution < -0.4 is 15.4 Å². The minimum Gasteiger partial charge on any atom is -0.492 e. The van der Waals surface area contributed by atoms with E-state index in [9.17, 15) is 4.79 Å². The van der Waals surface area contributed by atoms with Crippen LogP contribution in [-0.4, -0.2) is 45.1 Å². The predicted molar refractivity (Wildman–Crippen MR) is 88.5 cm³/mol. The van der Waals surface area contributed by atoms with E-state index in [2.05, 4.69) is 11.8 Å². The Hall–Kier alpha value is -1.43. The second kappa shape index (κ2) is 6.56. The standard InChI is InChI=1S/C15H25N3O2S/c1-10-6-5-8-18(9-7-10)15-12(20-4)11(16)13(21-15)14(19)17(2)3/h10H,5-9,16H2,1-4H3. The predicted octanol–water partition coefficient (Wildman–Crippen LogP) is 2.67. The lowest BCUT2D eigenvalue weighted by Gasteiger charge is -2.21. The molecule has 1 aromatic rings. The monoisotopic (exact) mass is 311 g/mol. The van der Waals surface area contributed by atoms with Gasteiger partial charge in [-0.05, 0) is 25.2 Å². The van der Waals surface area contributed by atoms with Gasteiger partial charge in [-0.2, -0.15) is 0 Å². The van der Waals surface area contributed by atoms with Crippen LogP contribution in [0.15, 0.2) is 0 Å². The molecule has 0 saturated carbocycles. The topological polar surface area (TPSA) is 58.8 Å². The van der Waals surface area contributed by atoms with Gasteiger partial charge in [0.25, 0.3) is 5.91 Å². The van der Waals surface area contributed by atoms with E-state index in [1.807, 2.05) is 0 Å². The molecule has 0 spiro atoms. The summed E-state index contributed by atoms with van der Waals surface area (Å²) in [6, 6.07) is 0. The third-order valence-corrected chi connectivity index (χ3v) is 5.23. The van der Waals surface area contributed by atoms with Gasteiger partial charge in [-0.15, -0.1) is 11.3 Å². The Labute approximate surface area is 130 Å². The summed E-state index contributed by atoms with van der Waals surface area (Å²) in [5.74, 6) is 1.34. The molecule has 1 unspecified atom stereocenters. The third-order valence-electron chi connectivity index (χ3n) is 3.99. The third kappa shape index (κ3) is 3.26. The number of methoxy groups -OCH3 is 1. The summed E-state index contributed by atoms with van der Waals surface area (Å²) < 4.78 is 5.48. The minimum absolute atomic E-state index is 0.0646. The molecule has 1 atom stereocenters. The molecule has 118 valence electrons. The van der Waals surface area contributed by atoms with E-state index in [-0.39, 0.29) is 5.91 Å². The highest BCUT2D eigenvalue weighted by Gasteiger charge is 2.27. The SMILES string of the molecule is COc1c(N2CCCC(C)CC2)sc(C(=O)N(C)C)c1N. The number of nitrogens with two attached hydrogens (primary N) is 1. The first-order chi connectivity index (χ1) is 9.95. The molecule has 6 heteroatoms. The molecule has 0 bridgehead atoms. The Balaban J connectivity index is 2.34. The molecule has 1 amide bonds. The van der Waals surface area contributed by atoms with Gasteiger partial charge in [0.1, 0.15) is 15.6 Å². The van der Waals surface area contributed by atoms with Crippen LogP contribution in [0.2, 0.25) is 0 Å². The van der Waals surface area contributed by atoms with Crippen molar-refractivity contribution in [1.29, 1.82) is 0 Å². The summed E-state index contributed by atoms with van der Waals surface area (Å²) in [6.07, 6.45) is 3.58. The van der Waals surface area contributed by atoms with E-state index in [0.717, 1.165) is 30.4 Å². The highest BCUT2D eigenvalue weighted by atomic mass is 32.1. The first-order valence-electron chi connectivity index (χ1n) is 7.38. The van der Waals surface area contributed by atoms with Gasteiger partial charge >= 0.3 is 0 Å². The fraction of sp³-hybridized carbons (Fsp3) is 0.667. The number of hydrogen-bond donors (Lipinski definition) is 1. The van der Waals surface area contributed by atoms with Crippen molar-refractivity contribution in [2.45, 2.75) is 26.2 Å². The number of nitrogens with zero attached hydrogens (tertiary/aromatic N) is 2. The number of ether oxygens (including phenoxy) is 1. The van der Waals surface area contributed by atoms with Crippen molar-refractivity contribution < 1.29 is 9.53 Å². The van der Waals surface area contributed by atoms with Crippen LogP contribution in [-0.2, 0) is 0 Å². The van der Waals surface area contributed by atoms with Crippen molar-refractivity contribution in [1.82, 2.24) is 4.90 Å². The van der Waals surface area contributed by atoms with Crippen molar-refractivity contribution in [3.05, 3.63) is 4.88 Å². The number of carbonyl (C=O) groups is 1. The van der Waals surface area contributed by atoms with E-state index in [4.69, 9.17) is 10.5 Å². The van der Waals surface area contributed by atoms with Gasteiger partial charge in [-0.3, -0.25) is 4.79 Å². The summed E-state index contributed by atoms with van der Waals surface area (Å²) >= 11 is 1.45. The maximum atomic E-state index is 12.2. The van der Waals surface area contributed by atoms with Gasteiger partial charge in [0, 0.05) is 27.2 Å². The molecule has 5 nitrogen and oxygen atoms in total. The Morgan fingerprint density at radius 2 is 2.10 bits per heavy atom. The maximum Gasteiger partial charge on any atom is 0.265 e. The smallest absolute Gasteiger partial charge is 0.265 e. The van der Waals surface area contributed by atoms with E-state index < -0.39 is 0 Å². The average Bonchev–Trinajstić information content (AvgIpc) is 2.62. The summed E-state index contributed by atoms with van der Waals surface area (Å²) in [7, 11) is 5.09. The zero-order chi connectivity index (χ0) is 15.6. The number of rotatable bonds is 3. The van der Waals surface area contributed by atoms with Crippen molar-refractivity contribution in [3.8, 4) is 5.75 Å². The molecule has 0 aromatic carbocycles. The van der Waals surface area contributed by atoms with Crippen LogP contribution in [0.25, 0.3) is 0 Å². The molecule has 0 radical (unpaired) electrons. The van der Waals surface area contributed by atoms with Gasteiger partial charge in [0.15, 0.2) is 5.75 Å². The van der Waals surface area contributed by atoms with Gasteiger partial charge in [-0.25, -0.2) is 0 Å². The summed E-state index contributed by atoms with van der Waals surface area (Å²) in [4.78, 5) is 16.7. The normalized spacial score (nSPS) is 19.2. The summed E-state index contributed by atoms with van der Waals surface area (Å²) in [6.45, 7) is 4.29. The van der Waals surface area contributed by atoms with Crippen LogP contribution in [0.1, 0.15) is 35.9 Å². The fourth-order valence-corrected chi connectivity index (χ4v) is 3.91. The molecular weight excluding hydrogens is 286 g/mol. The van der Waals surface area contributed by atoms with E-state index in [1.54, 1.807) is 26.1 Å². The maximum absolute atomic E-state index is 12.2. The number of carbonyl (C=O) groups excluding carboxylic acids is 1. The molecule has 1 aliphatic heterocycles. The minimum atomic E-state index is -0.0646. The van der Waals surface area contributed by atoms with Gasteiger partial charge < -0.3 is 20.3 Å². The van der Waals surface area contributed by atoms with Crippen molar-refractivity contribution in [2.75, 3.05) is 44.9 Å². The van der Waals surface area contributed by atoms with Gasteiger partial charge in [0.05, 0.1) is 7.11 Å². The number of hydrogen-bond acceptors (Lipinski definition) is 5. The molecule has 1 fully saturated rings. The first-order valence-corrected chi connectivity index (χ1v) is 8.20.